The summed E-state index contributed by atoms with van der Waals surface area (Å²) in [5, 5.41) is 0.253. The Labute approximate surface area is 142 Å². The minimum Gasteiger partial charge on any atom is -0.461 e. The van der Waals surface area contributed by atoms with Crippen molar-refractivity contribution in [3.8, 4) is 0 Å². The van der Waals surface area contributed by atoms with E-state index >= 15 is 0 Å². The Hall–Kier alpha value is -1.35. The van der Waals surface area contributed by atoms with Gasteiger partial charge in [-0.2, -0.15) is 0 Å². The van der Waals surface area contributed by atoms with Crippen molar-refractivity contribution in [2.45, 2.75) is 39.5 Å². The Kier molecular flexibility index (Phi) is 9.56. The Morgan fingerprint density at radius 1 is 1.09 bits per heavy atom. The standard InChI is InChI=1S/C19H25BrO2/c1-16(11-12-18-9-4-3-5-10-18)7-6-8-17(2)13-14-22-19(21)15-20/h3-5,7,9-10,13H,6,8,11-12,14-15H2,1-2H3/b16-7+,17-13+. The second-order valence-corrected chi connectivity index (χ2v) is 6.00. The summed E-state index contributed by atoms with van der Waals surface area (Å²) in [5.41, 5.74) is 4.08. The molecule has 0 saturated heterocycles. The van der Waals surface area contributed by atoms with Crippen LogP contribution in [0.3, 0.4) is 0 Å². The van der Waals surface area contributed by atoms with Gasteiger partial charge in [0.1, 0.15) is 11.9 Å². The minimum absolute atomic E-state index is 0.222. The van der Waals surface area contributed by atoms with Gasteiger partial charge in [0, 0.05) is 0 Å². The fourth-order valence-electron chi connectivity index (χ4n) is 2.05. The van der Waals surface area contributed by atoms with E-state index in [0.717, 1.165) is 25.7 Å². The SMILES string of the molecule is C/C(=C\COC(=O)CBr)CC/C=C(\C)CCc1ccccc1. The van der Waals surface area contributed by atoms with Crippen LogP contribution >= 0.6 is 15.9 Å². The number of ether oxygens (including phenoxy) is 1. The summed E-state index contributed by atoms with van der Waals surface area (Å²) in [5.74, 6) is -0.222. The Morgan fingerprint density at radius 2 is 1.77 bits per heavy atom. The average Bonchev–Trinajstić information content (AvgIpc) is 2.53. The van der Waals surface area contributed by atoms with Gasteiger partial charge >= 0.3 is 5.97 Å². The molecule has 0 bridgehead atoms. The van der Waals surface area contributed by atoms with Gasteiger partial charge < -0.3 is 4.74 Å². The van der Waals surface area contributed by atoms with Crippen LogP contribution in [0.1, 0.15) is 38.7 Å². The summed E-state index contributed by atoms with van der Waals surface area (Å²) < 4.78 is 5.00. The molecule has 0 unspecified atom stereocenters. The lowest BCUT2D eigenvalue weighted by Crippen LogP contribution is -2.05. The number of halogens is 1. The number of benzene rings is 1. The molecule has 1 aromatic carbocycles. The molecule has 22 heavy (non-hydrogen) atoms. The van der Waals surface area contributed by atoms with Crippen LogP contribution in [-0.4, -0.2) is 17.9 Å². The molecule has 0 aliphatic rings. The first-order valence-corrected chi connectivity index (χ1v) is 8.80. The molecular weight excluding hydrogens is 340 g/mol. The molecule has 0 aromatic heterocycles. The Bertz CT molecular complexity index is 503. The van der Waals surface area contributed by atoms with Gasteiger partial charge in [0.2, 0.25) is 0 Å². The van der Waals surface area contributed by atoms with Crippen molar-refractivity contribution in [1.82, 2.24) is 0 Å². The maximum atomic E-state index is 11.0. The van der Waals surface area contributed by atoms with Crippen LogP contribution in [0.4, 0.5) is 0 Å². The summed E-state index contributed by atoms with van der Waals surface area (Å²) in [6, 6.07) is 10.6. The zero-order valence-electron chi connectivity index (χ0n) is 13.5. The van der Waals surface area contributed by atoms with Gasteiger partial charge in [-0.05, 0) is 51.2 Å². The highest BCUT2D eigenvalue weighted by Crippen LogP contribution is 2.12. The maximum absolute atomic E-state index is 11.0. The fourth-order valence-corrected chi connectivity index (χ4v) is 2.21. The molecule has 1 rings (SSSR count). The van der Waals surface area contributed by atoms with Gasteiger partial charge in [-0.25, -0.2) is 0 Å². The molecule has 1 aromatic rings. The molecule has 3 heteroatoms. The van der Waals surface area contributed by atoms with Crippen LogP contribution in [0.2, 0.25) is 0 Å². The van der Waals surface area contributed by atoms with Crippen LogP contribution in [0.15, 0.2) is 53.6 Å². The third-order valence-corrected chi connectivity index (χ3v) is 3.93. The van der Waals surface area contributed by atoms with E-state index in [1.807, 2.05) is 6.08 Å². The van der Waals surface area contributed by atoms with E-state index in [-0.39, 0.29) is 11.3 Å². The molecule has 0 radical (unpaired) electrons. The predicted molar refractivity (Wildman–Crippen MR) is 96.3 cm³/mol. The van der Waals surface area contributed by atoms with Crippen LogP contribution in [0.25, 0.3) is 0 Å². The number of esters is 1. The molecule has 0 N–H and O–H groups in total. The number of carbonyl (C=O) groups excluding carboxylic acids is 1. The number of aryl methyl sites for hydroxylation is 1. The third kappa shape index (κ3) is 8.83. The molecule has 0 aliphatic heterocycles. The summed E-state index contributed by atoms with van der Waals surface area (Å²) in [6.07, 6.45) is 8.54. The number of allylic oxidation sites excluding steroid dienone is 3. The highest BCUT2D eigenvalue weighted by atomic mass is 79.9. The van der Waals surface area contributed by atoms with Gasteiger partial charge in [-0.3, -0.25) is 4.79 Å². The maximum Gasteiger partial charge on any atom is 0.316 e. The van der Waals surface area contributed by atoms with E-state index in [4.69, 9.17) is 4.74 Å². The normalized spacial score (nSPS) is 12.3. The van der Waals surface area contributed by atoms with Crippen LogP contribution in [-0.2, 0) is 16.0 Å². The molecule has 0 saturated carbocycles. The first kappa shape index (κ1) is 18.7. The van der Waals surface area contributed by atoms with Gasteiger partial charge in [0.05, 0.1) is 0 Å². The van der Waals surface area contributed by atoms with Crippen LogP contribution in [0, 0.1) is 0 Å². The van der Waals surface area contributed by atoms with Crippen molar-refractivity contribution in [2.24, 2.45) is 0 Å². The summed E-state index contributed by atoms with van der Waals surface area (Å²) in [6.45, 7) is 4.64. The van der Waals surface area contributed by atoms with Crippen molar-refractivity contribution >= 4 is 21.9 Å². The molecule has 0 fully saturated rings. The number of carbonyl (C=O) groups is 1. The predicted octanol–water partition coefficient (Wildman–Crippen LogP) is 5.23. The Balaban J connectivity index is 2.23. The zero-order chi connectivity index (χ0) is 16.2. The lowest BCUT2D eigenvalue weighted by Gasteiger charge is -2.04. The molecule has 0 amide bonds. The molecular formula is C19H25BrO2. The average molecular weight is 365 g/mol. The second kappa shape index (κ2) is 11.2. The molecule has 0 spiro atoms. The van der Waals surface area contributed by atoms with Crippen LogP contribution < -0.4 is 0 Å². The number of hydrogen-bond acceptors (Lipinski definition) is 2. The van der Waals surface area contributed by atoms with Crippen molar-refractivity contribution in [2.75, 3.05) is 11.9 Å². The summed E-state index contributed by atoms with van der Waals surface area (Å²) >= 11 is 3.07. The molecule has 0 aliphatic carbocycles. The van der Waals surface area contributed by atoms with Gasteiger partial charge in [0.15, 0.2) is 0 Å². The van der Waals surface area contributed by atoms with Crippen molar-refractivity contribution in [3.63, 3.8) is 0 Å². The van der Waals surface area contributed by atoms with E-state index in [2.05, 4.69) is 66.2 Å². The molecule has 2 nitrogen and oxygen atoms in total. The van der Waals surface area contributed by atoms with Crippen LogP contribution in [0.5, 0.6) is 0 Å². The molecule has 0 heterocycles. The number of alkyl halides is 1. The quantitative estimate of drug-likeness (QED) is 0.340. The summed E-state index contributed by atoms with van der Waals surface area (Å²) in [4.78, 5) is 11.0. The summed E-state index contributed by atoms with van der Waals surface area (Å²) in [7, 11) is 0. The Morgan fingerprint density at radius 3 is 2.45 bits per heavy atom. The lowest BCUT2D eigenvalue weighted by atomic mass is 10.0. The number of rotatable bonds is 9. The monoisotopic (exact) mass is 364 g/mol. The molecule has 0 atom stereocenters. The van der Waals surface area contributed by atoms with Gasteiger partial charge in [-0.15, -0.1) is 0 Å². The van der Waals surface area contributed by atoms with Crippen molar-refractivity contribution in [3.05, 3.63) is 59.2 Å². The third-order valence-electron chi connectivity index (χ3n) is 3.47. The topological polar surface area (TPSA) is 26.3 Å². The highest BCUT2D eigenvalue weighted by Gasteiger charge is 1.97. The fraction of sp³-hybridized carbons (Fsp3) is 0.421. The van der Waals surface area contributed by atoms with E-state index in [1.165, 1.54) is 16.7 Å². The molecule has 120 valence electrons. The highest BCUT2D eigenvalue weighted by molar-refractivity contribution is 9.09. The zero-order valence-corrected chi connectivity index (χ0v) is 15.1. The first-order valence-electron chi connectivity index (χ1n) is 7.68. The lowest BCUT2D eigenvalue weighted by molar-refractivity contribution is -0.139. The van der Waals surface area contributed by atoms with E-state index < -0.39 is 0 Å². The first-order chi connectivity index (χ1) is 10.6. The minimum atomic E-state index is -0.222. The van der Waals surface area contributed by atoms with E-state index in [0.29, 0.717) is 6.61 Å². The van der Waals surface area contributed by atoms with Gasteiger partial charge in [-0.1, -0.05) is 63.5 Å². The smallest absolute Gasteiger partial charge is 0.316 e. The van der Waals surface area contributed by atoms with E-state index in [1.54, 1.807) is 0 Å². The largest absolute Gasteiger partial charge is 0.461 e. The van der Waals surface area contributed by atoms with E-state index in [9.17, 15) is 4.79 Å². The van der Waals surface area contributed by atoms with Crippen molar-refractivity contribution < 1.29 is 9.53 Å². The number of hydrogen-bond donors (Lipinski definition) is 0. The second-order valence-electron chi connectivity index (χ2n) is 5.44. The van der Waals surface area contributed by atoms with Crippen molar-refractivity contribution in [1.29, 1.82) is 0 Å². The van der Waals surface area contributed by atoms with Gasteiger partial charge in [0.25, 0.3) is 0 Å².